The second kappa shape index (κ2) is 6.90. The molecule has 0 atom stereocenters. The molecule has 20 heavy (non-hydrogen) atoms. The van der Waals surface area contributed by atoms with Crippen molar-refractivity contribution in [1.82, 2.24) is 0 Å². The molecule has 0 aliphatic rings. The Kier molecular flexibility index (Phi) is 5.51. The summed E-state index contributed by atoms with van der Waals surface area (Å²) in [7, 11) is 0. The molecule has 0 saturated carbocycles. The molecule has 1 rings (SSSR count). The maximum absolute atomic E-state index is 13.5. The molecule has 0 spiro atoms. The van der Waals surface area contributed by atoms with E-state index in [4.69, 9.17) is 15.1 Å². The predicted octanol–water partition coefficient (Wildman–Crippen LogP) is 3.62. The van der Waals surface area contributed by atoms with E-state index in [1.165, 1.54) is 12.1 Å². The van der Waals surface area contributed by atoms with E-state index in [2.05, 4.69) is 6.07 Å². The van der Waals surface area contributed by atoms with Crippen molar-refractivity contribution in [3.05, 3.63) is 29.6 Å². The Morgan fingerprint density at radius 2 is 2.15 bits per heavy atom. The topological polar surface area (TPSA) is 70.3 Å². The third-order valence-electron chi connectivity index (χ3n) is 2.94. The van der Waals surface area contributed by atoms with Gasteiger partial charge in [0.15, 0.2) is 11.6 Å². The van der Waals surface area contributed by atoms with E-state index in [9.17, 15) is 9.18 Å². The second-order valence-corrected chi connectivity index (χ2v) is 5.25. The SMILES string of the molecule is CC(C)(C#N)CCCCOc1ccc(C(=O)O)cc1F. The molecule has 0 aliphatic carbocycles. The molecule has 0 bridgehead atoms. The van der Waals surface area contributed by atoms with Crippen LogP contribution in [0.1, 0.15) is 43.5 Å². The average molecular weight is 279 g/mol. The molecule has 0 heterocycles. The van der Waals surface area contributed by atoms with E-state index in [1.54, 1.807) is 0 Å². The number of nitriles is 1. The maximum Gasteiger partial charge on any atom is 0.335 e. The molecule has 4 nitrogen and oxygen atoms in total. The first-order valence-electron chi connectivity index (χ1n) is 6.42. The fourth-order valence-electron chi connectivity index (χ4n) is 1.66. The maximum atomic E-state index is 13.5. The van der Waals surface area contributed by atoms with Crippen molar-refractivity contribution in [3.63, 3.8) is 0 Å². The Labute approximate surface area is 117 Å². The lowest BCUT2D eigenvalue weighted by atomic mass is 9.89. The first-order valence-corrected chi connectivity index (χ1v) is 6.42. The van der Waals surface area contributed by atoms with E-state index in [0.717, 1.165) is 18.9 Å². The average Bonchev–Trinajstić information content (AvgIpc) is 2.39. The van der Waals surface area contributed by atoms with Gasteiger partial charge in [0.1, 0.15) is 0 Å². The Hall–Kier alpha value is -2.09. The normalized spacial score (nSPS) is 10.9. The third kappa shape index (κ3) is 4.88. The first-order chi connectivity index (χ1) is 9.35. The van der Waals surface area contributed by atoms with Crippen LogP contribution in [0.15, 0.2) is 18.2 Å². The molecule has 0 radical (unpaired) electrons. The highest BCUT2D eigenvalue weighted by molar-refractivity contribution is 5.87. The summed E-state index contributed by atoms with van der Waals surface area (Å²) in [6, 6.07) is 5.78. The fourth-order valence-corrected chi connectivity index (χ4v) is 1.66. The van der Waals surface area contributed by atoms with Crippen LogP contribution in [0, 0.1) is 22.6 Å². The van der Waals surface area contributed by atoms with Gasteiger partial charge in [0, 0.05) is 0 Å². The van der Waals surface area contributed by atoms with E-state index in [1.807, 2.05) is 13.8 Å². The van der Waals surface area contributed by atoms with Gasteiger partial charge in [0.05, 0.1) is 23.7 Å². The molecule has 1 N–H and O–H groups in total. The van der Waals surface area contributed by atoms with Gasteiger partial charge < -0.3 is 9.84 Å². The molecule has 0 saturated heterocycles. The molecule has 1 aromatic rings. The van der Waals surface area contributed by atoms with E-state index < -0.39 is 11.8 Å². The van der Waals surface area contributed by atoms with Crippen LogP contribution in [0.2, 0.25) is 0 Å². The fraction of sp³-hybridized carbons (Fsp3) is 0.467. The zero-order chi connectivity index (χ0) is 15.2. The van der Waals surface area contributed by atoms with Gasteiger partial charge in [-0.2, -0.15) is 5.26 Å². The first kappa shape index (κ1) is 16.0. The van der Waals surface area contributed by atoms with Crippen LogP contribution in [0.25, 0.3) is 0 Å². The summed E-state index contributed by atoms with van der Waals surface area (Å²) in [5, 5.41) is 17.6. The summed E-state index contributed by atoms with van der Waals surface area (Å²) in [5.74, 6) is -1.80. The smallest absolute Gasteiger partial charge is 0.335 e. The minimum absolute atomic E-state index is 0.0505. The molecule has 5 heteroatoms. The van der Waals surface area contributed by atoms with Crippen LogP contribution in [0.3, 0.4) is 0 Å². The number of benzene rings is 1. The molecule has 0 amide bonds. The molecule has 108 valence electrons. The minimum Gasteiger partial charge on any atom is -0.491 e. The van der Waals surface area contributed by atoms with Crippen LogP contribution in [0.4, 0.5) is 4.39 Å². The Morgan fingerprint density at radius 3 is 2.70 bits per heavy atom. The number of carboxylic acids is 1. The Bertz CT molecular complexity index is 520. The van der Waals surface area contributed by atoms with Gasteiger partial charge in [-0.25, -0.2) is 9.18 Å². The summed E-state index contributed by atoms with van der Waals surface area (Å²) in [6.07, 6.45) is 2.29. The summed E-state index contributed by atoms with van der Waals surface area (Å²) < 4.78 is 18.8. The number of carbonyl (C=O) groups is 1. The number of unbranched alkanes of at least 4 members (excludes halogenated alkanes) is 1. The Morgan fingerprint density at radius 1 is 1.45 bits per heavy atom. The third-order valence-corrected chi connectivity index (χ3v) is 2.94. The summed E-state index contributed by atoms with van der Waals surface area (Å²) in [6.45, 7) is 4.08. The van der Waals surface area contributed by atoms with Gasteiger partial charge in [0.2, 0.25) is 0 Å². The highest BCUT2D eigenvalue weighted by Crippen LogP contribution is 2.22. The van der Waals surface area contributed by atoms with Crippen molar-refractivity contribution in [1.29, 1.82) is 5.26 Å². The van der Waals surface area contributed by atoms with Crippen molar-refractivity contribution in [2.45, 2.75) is 33.1 Å². The molecule has 0 fully saturated rings. The van der Waals surface area contributed by atoms with Gasteiger partial charge in [-0.3, -0.25) is 0 Å². The monoisotopic (exact) mass is 279 g/mol. The summed E-state index contributed by atoms with van der Waals surface area (Å²) in [5.41, 5.74) is -0.459. The van der Waals surface area contributed by atoms with Crippen LogP contribution in [-0.2, 0) is 0 Å². The molecule has 0 unspecified atom stereocenters. The number of carboxylic acid groups (broad SMARTS) is 1. The van der Waals surface area contributed by atoms with Crippen molar-refractivity contribution < 1.29 is 19.0 Å². The molecule has 0 aliphatic heterocycles. The quantitative estimate of drug-likeness (QED) is 0.774. The standard InChI is InChI=1S/C15H18FNO3/c1-15(2,10-17)7-3-4-8-20-13-6-5-11(14(18)19)9-12(13)16/h5-6,9H,3-4,7-8H2,1-2H3,(H,18,19). The number of hydrogen-bond donors (Lipinski definition) is 1. The number of aromatic carboxylic acids is 1. The number of rotatable bonds is 7. The van der Waals surface area contributed by atoms with Crippen LogP contribution in [0.5, 0.6) is 5.75 Å². The second-order valence-electron chi connectivity index (χ2n) is 5.25. The van der Waals surface area contributed by atoms with Crippen LogP contribution in [-0.4, -0.2) is 17.7 Å². The predicted molar refractivity (Wildman–Crippen MR) is 72.1 cm³/mol. The summed E-state index contributed by atoms with van der Waals surface area (Å²) in [4.78, 5) is 10.7. The van der Waals surface area contributed by atoms with Crippen molar-refractivity contribution >= 4 is 5.97 Å². The van der Waals surface area contributed by atoms with E-state index >= 15 is 0 Å². The molecular formula is C15H18FNO3. The van der Waals surface area contributed by atoms with Gasteiger partial charge in [0.25, 0.3) is 0 Å². The molecule has 0 aromatic heterocycles. The van der Waals surface area contributed by atoms with Crippen LogP contribution < -0.4 is 4.74 Å². The van der Waals surface area contributed by atoms with Crippen molar-refractivity contribution in [2.24, 2.45) is 5.41 Å². The number of nitrogens with zero attached hydrogens (tertiary/aromatic N) is 1. The van der Waals surface area contributed by atoms with Gasteiger partial charge in [-0.05, 0) is 51.3 Å². The number of hydrogen-bond acceptors (Lipinski definition) is 3. The largest absolute Gasteiger partial charge is 0.491 e. The lowest BCUT2D eigenvalue weighted by Crippen LogP contribution is -2.08. The van der Waals surface area contributed by atoms with Gasteiger partial charge in [-0.15, -0.1) is 0 Å². The lowest BCUT2D eigenvalue weighted by molar-refractivity contribution is 0.0696. The van der Waals surface area contributed by atoms with Crippen molar-refractivity contribution in [2.75, 3.05) is 6.61 Å². The van der Waals surface area contributed by atoms with Crippen LogP contribution >= 0.6 is 0 Å². The van der Waals surface area contributed by atoms with E-state index in [-0.39, 0.29) is 16.7 Å². The van der Waals surface area contributed by atoms with Gasteiger partial charge in [-0.1, -0.05) is 0 Å². The van der Waals surface area contributed by atoms with E-state index in [0.29, 0.717) is 13.0 Å². The zero-order valence-electron chi connectivity index (χ0n) is 11.6. The number of ether oxygens (including phenoxy) is 1. The molecular weight excluding hydrogens is 261 g/mol. The highest BCUT2D eigenvalue weighted by Gasteiger charge is 2.15. The summed E-state index contributed by atoms with van der Waals surface area (Å²) >= 11 is 0. The lowest BCUT2D eigenvalue weighted by Gasteiger charge is -2.14. The minimum atomic E-state index is -1.17. The van der Waals surface area contributed by atoms with Gasteiger partial charge >= 0.3 is 5.97 Å². The zero-order valence-corrected chi connectivity index (χ0v) is 11.6. The van der Waals surface area contributed by atoms with Crippen molar-refractivity contribution in [3.8, 4) is 11.8 Å². The Balaban J connectivity index is 2.40. The number of halogens is 1. The molecule has 1 aromatic carbocycles. The highest BCUT2D eigenvalue weighted by atomic mass is 19.1.